The molecule has 4 aromatic rings. The molecule has 0 fully saturated rings. The fraction of sp³-hybridized carbons (Fsp3) is 0. The number of anilines is 1. The number of halogens is 1. The minimum absolute atomic E-state index is 0.351. The Kier molecular flexibility index (Phi) is 3.10. The number of hydrogen-bond donors (Lipinski definition) is 1. The van der Waals surface area contributed by atoms with E-state index in [4.69, 9.17) is 10.3 Å². The number of nitrogen functional groups attached to an aromatic ring is 1. The van der Waals surface area contributed by atoms with Gasteiger partial charge in [0.2, 0.25) is 5.88 Å². The number of nitrogens with zero attached hydrogens (tertiary/aromatic N) is 1. The van der Waals surface area contributed by atoms with Gasteiger partial charge in [-0.25, -0.2) is 0 Å². The Labute approximate surface area is 137 Å². The largest absolute Gasteiger partial charge is 0.367 e. The van der Waals surface area contributed by atoms with Crippen molar-refractivity contribution < 1.29 is 4.52 Å². The van der Waals surface area contributed by atoms with E-state index in [2.05, 4.69) is 38.6 Å². The van der Waals surface area contributed by atoms with Gasteiger partial charge in [-0.3, -0.25) is 0 Å². The Morgan fingerprint density at radius 1 is 1.10 bits per heavy atom. The summed E-state index contributed by atoms with van der Waals surface area (Å²) in [7, 11) is 0. The standard InChI is InChI=1S/C15H9BrN2OS2/c16-9-3-1-8(2-4-9)13-14(18-19-15(13)17)12-7-11-10(21-12)5-6-20-11/h1-7H,17H2. The van der Waals surface area contributed by atoms with Crippen molar-refractivity contribution in [3.8, 4) is 21.7 Å². The monoisotopic (exact) mass is 376 g/mol. The number of aromatic nitrogens is 1. The molecule has 104 valence electrons. The number of thiophene rings is 2. The van der Waals surface area contributed by atoms with Crippen LogP contribution in [0.5, 0.6) is 0 Å². The third kappa shape index (κ3) is 2.19. The summed E-state index contributed by atoms with van der Waals surface area (Å²) in [5.74, 6) is 0.351. The molecular weight excluding hydrogens is 368 g/mol. The summed E-state index contributed by atoms with van der Waals surface area (Å²) in [6.07, 6.45) is 0. The van der Waals surface area contributed by atoms with Gasteiger partial charge < -0.3 is 10.3 Å². The summed E-state index contributed by atoms with van der Waals surface area (Å²) in [5, 5.41) is 6.26. The van der Waals surface area contributed by atoms with Crippen molar-refractivity contribution in [2.75, 3.05) is 5.73 Å². The normalized spacial score (nSPS) is 11.3. The average molecular weight is 377 g/mol. The second-order valence-corrected chi connectivity index (χ2v) is 7.48. The first kappa shape index (κ1) is 13.1. The molecule has 0 spiro atoms. The predicted molar refractivity (Wildman–Crippen MR) is 92.7 cm³/mol. The lowest BCUT2D eigenvalue weighted by molar-refractivity contribution is 0.439. The zero-order valence-corrected chi connectivity index (χ0v) is 13.9. The van der Waals surface area contributed by atoms with Gasteiger partial charge in [-0.2, -0.15) is 0 Å². The van der Waals surface area contributed by atoms with Crippen molar-refractivity contribution in [2.24, 2.45) is 0 Å². The van der Waals surface area contributed by atoms with Gasteiger partial charge in [0, 0.05) is 13.9 Å². The maximum absolute atomic E-state index is 5.98. The number of nitrogens with two attached hydrogens (primary N) is 1. The molecule has 0 amide bonds. The molecule has 1 aromatic carbocycles. The Hall–Kier alpha value is -1.63. The van der Waals surface area contributed by atoms with Crippen LogP contribution in [0.25, 0.3) is 31.1 Å². The minimum atomic E-state index is 0.351. The van der Waals surface area contributed by atoms with Crippen LogP contribution in [0.3, 0.4) is 0 Å². The first-order chi connectivity index (χ1) is 10.2. The summed E-state index contributed by atoms with van der Waals surface area (Å²) in [6, 6.07) is 12.2. The van der Waals surface area contributed by atoms with E-state index in [-0.39, 0.29) is 0 Å². The third-order valence-corrected chi connectivity index (χ3v) is 5.85. The molecule has 2 N–H and O–H groups in total. The molecule has 6 heteroatoms. The smallest absolute Gasteiger partial charge is 0.230 e. The van der Waals surface area contributed by atoms with E-state index in [1.165, 1.54) is 9.40 Å². The summed E-state index contributed by atoms with van der Waals surface area (Å²) >= 11 is 6.88. The molecule has 21 heavy (non-hydrogen) atoms. The van der Waals surface area contributed by atoms with E-state index < -0.39 is 0 Å². The molecular formula is C15H9BrN2OS2. The lowest BCUT2D eigenvalue weighted by Crippen LogP contribution is -1.86. The highest BCUT2D eigenvalue weighted by Gasteiger charge is 2.19. The summed E-state index contributed by atoms with van der Waals surface area (Å²) in [5.41, 5.74) is 8.65. The molecule has 4 rings (SSSR count). The molecule has 3 heterocycles. The Balaban J connectivity index is 1.90. The van der Waals surface area contributed by atoms with Crippen molar-refractivity contribution in [1.29, 1.82) is 0 Å². The van der Waals surface area contributed by atoms with E-state index in [0.717, 1.165) is 26.2 Å². The van der Waals surface area contributed by atoms with E-state index in [0.29, 0.717) is 5.88 Å². The van der Waals surface area contributed by atoms with Gasteiger partial charge in [-0.05, 0) is 35.2 Å². The van der Waals surface area contributed by atoms with Gasteiger partial charge in [0.1, 0.15) is 5.69 Å². The Bertz CT molecular complexity index is 892. The van der Waals surface area contributed by atoms with Crippen LogP contribution in [-0.2, 0) is 0 Å². The number of benzene rings is 1. The van der Waals surface area contributed by atoms with Crippen LogP contribution in [0.1, 0.15) is 0 Å². The average Bonchev–Trinajstić information content (AvgIpc) is 3.13. The maximum Gasteiger partial charge on any atom is 0.230 e. The first-order valence-electron chi connectivity index (χ1n) is 6.21. The third-order valence-electron chi connectivity index (χ3n) is 3.22. The van der Waals surface area contributed by atoms with Crippen LogP contribution < -0.4 is 5.73 Å². The Morgan fingerprint density at radius 2 is 1.90 bits per heavy atom. The number of hydrogen-bond acceptors (Lipinski definition) is 5. The molecule has 0 saturated heterocycles. The fourth-order valence-electron chi connectivity index (χ4n) is 2.25. The van der Waals surface area contributed by atoms with Crippen molar-refractivity contribution in [1.82, 2.24) is 5.16 Å². The van der Waals surface area contributed by atoms with Crippen LogP contribution in [0.4, 0.5) is 5.88 Å². The summed E-state index contributed by atoms with van der Waals surface area (Å²) in [4.78, 5) is 1.08. The zero-order valence-electron chi connectivity index (χ0n) is 10.7. The molecule has 0 saturated carbocycles. The van der Waals surface area contributed by atoms with Crippen LogP contribution >= 0.6 is 38.6 Å². The molecule has 0 unspecified atom stereocenters. The quantitative estimate of drug-likeness (QED) is 0.493. The molecule has 0 radical (unpaired) electrons. The SMILES string of the molecule is Nc1onc(-c2cc3sccc3s2)c1-c1ccc(Br)cc1. The topological polar surface area (TPSA) is 52.0 Å². The second kappa shape index (κ2) is 4.98. The molecule has 0 atom stereocenters. The van der Waals surface area contributed by atoms with Crippen LogP contribution in [0, 0.1) is 0 Å². The van der Waals surface area contributed by atoms with Gasteiger partial charge >= 0.3 is 0 Å². The van der Waals surface area contributed by atoms with Crippen LogP contribution in [0.2, 0.25) is 0 Å². The highest BCUT2D eigenvalue weighted by molar-refractivity contribution is 9.10. The molecule has 0 bridgehead atoms. The summed E-state index contributed by atoms with van der Waals surface area (Å²) in [6.45, 7) is 0. The summed E-state index contributed by atoms with van der Waals surface area (Å²) < 4.78 is 8.79. The number of fused-ring (bicyclic) bond motifs is 1. The van der Waals surface area contributed by atoms with Crippen LogP contribution in [0.15, 0.2) is 50.8 Å². The van der Waals surface area contributed by atoms with Crippen molar-refractivity contribution in [2.45, 2.75) is 0 Å². The lowest BCUT2D eigenvalue weighted by Gasteiger charge is -2.01. The molecule has 0 aliphatic carbocycles. The molecule has 3 aromatic heterocycles. The highest BCUT2D eigenvalue weighted by atomic mass is 79.9. The Morgan fingerprint density at radius 3 is 2.67 bits per heavy atom. The van der Waals surface area contributed by atoms with Crippen molar-refractivity contribution in [3.05, 3.63) is 46.3 Å². The second-order valence-electron chi connectivity index (χ2n) is 4.54. The van der Waals surface area contributed by atoms with Gasteiger partial charge in [0.05, 0.1) is 10.4 Å². The molecule has 0 aliphatic rings. The van der Waals surface area contributed by atoms with Crippen LogP contribution in [-0.4, -0.2) is 5.16 Å². The lowest BCUT2D eigenvalue weighted by atomic mass is 10.1. The van der Waals surface area contributed by atoms with Crippen molar-refractivity contribution in [3.63, 3.8) is 0 Å². The maximum atomic E-state index is 5.98. The number of rotatable bonds is 2. The first-order valence-corrected chi connectivity index (χ1v) is 8.70. The van der Waals surface area contributed by atoms with Gasteiger partial charge in [-0.15, -0.1) is 22.7 Å². The minimum Gasteiger partial charge on any atom is -0.367 e. The van der Waals surface area contributed by atoms with E-state index in [1.807, 2.05) is 24.3 Å². The van der Waals surface area contributed by atoms with E-state index >= 15 is 0 Å². The fourth-order valence-corrected chi connectivity index (χ4v) is 4.61. The molecule has 0 aliphatic heterocycles. The van der Waals surface area contributed by atoms with E-state index in [1.54, 1.807) is 22.7 Å². The van der Waals surface area contributed by atoms with E-state index in [9.17, 15) is 0 Å². The zero-order chi connectivity index (χ0) is 14.4. The van der Waals surface area contributed by atoms with Gasteiger partial charge in [0.25, 0.3) is 0 Å². The highest BCUT2D eigenvalue weighted by Crippen LogP contribution is 2.42. The molecule has 3 nitrogen and oxygen atoms in total. The predicted octanol–water partition coefficient (Wildman–Crippen LogP) is 5.63. The van der Waals surface area contributed by atoms with Gasteiger partial charge in [-0.1, -0.05) is 33.2 Å². The van der Waals surface area contributed by atoms with Crippen molar-refractivity contribution >= 4 is 53.9 Å². The van der Waals surface area contributed by atoms with Gasteiger partial charge in [0.15, 0.2) is 0 Å².